The van der Waals surface area contributed by atoms with Gasteiger partial charge in [0.05, 0.1) is 5.56 Å². The molecule has 116 valence electrons. The van der Waals surface area contributed by atoms with Gasteiger partial charge in [0.25, 0.3) is 0 Å². The third-order valence-electron chi connectivity index (χ3n) is 2.78. The van der Waals surface area contributed by atoms with Crippen molar-refractivity contribution in [1.29, 1.82) is 0 Å². The lowest BCUT2D eigenvalue weighted by Crippen LogP contribution is -2.44. The summed E-state index contributed by atoms with van der Waals surface area (Å²) in [5.74, 6) is -0.650. The molecule has 0 saturated carbocycles. The molecule has 0 fully saturated rings. The average Bonchev–Trinajstić information content (AvgIpc) is 2.39. The van der Waals surface area contributed by atoms with E-state index in [0.717, 1.165) is 6.07 Å². The molecule has 0 spiro atoms. The highest BCUT2D eigenvalue weighted by atomic mass is 19.4. The van der Waals surface area contributed by atoms with Crippen LogP contribution in [0, 0.1) is 6.92 Å². The van der Waals surface area contributed by atoms with Crippen molar-refractivity contribution in [2.24, 2.45) is 0 Å². The first-order valence-electron chi connectivity index (χ1n) is 6.12. The summed E-state index contributed by atoms with van der Waals surface area (Å²) in [6, 6.07) is 2.13. The van der Waals surface area contributed by atoms with Crippen LogP contribution in [0.3, 0.4) is 0 Å². The third-order valence-corrected chi connectivity index (χ3v) is 2.78. The monoisotopic (exact) mass is 303 g/mol. The van der Waals surface area contributed by atoms with Crippen LogP contribution in [-0.2, 0) is 11.0 Å². The van der Waals surface area contributed by atoms with Gasteiger partial charge in [0.1, 0.15) is 6.04 Å². The van der Waals surface area contributed by atoms with Crippen LogP contribution in [0.2, 0.25) is 0 Å². The number of carbonyl (C=O) groups is 2. The number of amides is 3. The second kappa shape index (κ2) is 6.47. The Morgan fingerprint density at radius 2 is 1.86 bits per heavy atom. The molecule has 0 aliphatic heterocycles. The molecular weight excluding hydrogens is 287 g/mol. The summed E-state index contributed by atoms with van der Waals surface area (Å²) in [4.78, 5) is 22.6. The Hall–Kier alpha value is -2.25. The maximum atomic E-state index is 12.8. The zero-order valence-corrected chi connectivity index (χ0v) is 11.8. The molecule has 0 aromatic heterocycles. The molecule has 0 aliphatic carbocycles. The van der Waals surface area contributed by atoms with Crippen molar-refractivity contribution in [1.82, 2.24) is 10.6 Å². The maximum absolute atomic E-state index is 12.8. The van der Waals surface area contributed by atoms with E-state index in [1.54, 1.807) is 0 Å². The number of alkyl halides is 3. The number of anilines is 1. The molecule has 0 heterocycles. The number of hydrogen-bond acceptors (Lipinski definition) is 3. The molecule has 1 unspecified atom stereocenters. The van der Waals surface area contributed by atoms with Gasteiger partial charge in [0, 0.05) is 12.7 Å². The molecule has 5 nitrogen and oxygen atoms in total. The number of nitrogens with one attached hydrogen (secondary N) is 3. The van der Waals surface area contributed by atoms with E-state index in [-0.39, 0.29) is 11.3 Å². The Bertz CT molecular complexity index is 544. The maximum Gasteiger partial charge on any atom is 0.416 e. The van der Waals surface area contributed by atoms with E-state index in [4.69, 9.17) is 0 Å². The van der Waals surface area contributed by atoms with Crippen molar-refractivity contribution in [2.45, 2.75) is 26.1 Å². The Morgan fingerprint density at radius 3 is 2.38 bits per heavy atom. The molecule has 0 radical (unpaired) electrons. The van der Waals surface area contributed by atoms with Crippen LogP contribution < -0.4 is 16.0 Å². The van der Waals surface area contributed by atoms with Crippen molar-refractivity contribution < 1.29 is 22.8 Å². The van der Waals surface area contributed by atoms with Crippen molar-refractivity contribution >= 4 is 17.6 Å². The number of hydrogen-bond donors (Lipinski definition) is 3. The summed E-state index contributed by atoms with van der Waals surface area (Å²) in [6.45, 7) is 2.79. The molecule has 1 aromatic carbocycles. The molecule has 3 N–H and O–H groups in total. The molecule has 0 saturated heterocycles. The summed E-state index contributed by atoms with van der Waals surface area (Å²) >= 11 is 0. The van der Waals surface area contributed by atoms with Gasteiger partial charge < -0.3 is 10.6 Å². The third kappa shape index (κ3) is 4.66. The number of aryl methyl sites for hydroxylation is 1. The largest absolute Gasteiger partial charge is 0.416 e. The summed E-state index contributed by atoms with van der Waals surface area (Å²) in [5, 5.41) is 6.85. The second-order valence-electron chi connectivity index (χ2n) is 4.46. The lowest BCUT2D eigenvalue weighted by molar-refractivity contribution is -0.138. The van der Waals surface area contributed by atoms with Gasteiger partial charge in [0.15, 0.2) is 0 Å². The van der Waals surface area contributed by atoms with Crippen molar-refractivity contribution in [3.8, 4) is 0 Å². The minimum atomic E-state index is -4.46. The number of carbonyl (C=O) groups excluding carboxylic acids is 2. The fourth-order valence-electron chi connectivity index (χ4n) is 1.62. The summed E-state index contributed by atoms with van der Waals surface area (Å²) in [6.07, 6.45) is -4.46. The lowest BCUT2D eigenvalue weighted by atomic mass is 10.1. The van der Waals surface area contributed by atoms with E-state index in [0.29, 0.717) is 0 Å². The molecule has 1 atom stereocenters. The molecular formula is C13H16F3N3O2. The standard InChI is InChI=1S/C13H16F3N3O2/c1-7-4-5-9(6-10(7)13(14,15)16)18-8(2)11(20)19-12(21)17-3/h4-6,8,18H,1-3H3,(H2,17,19,20,21). The van der Waals surface area contributed by atoms with Crippen LogP contribution in [0.4, 0.5) is 23.7 Å². The number of imide groups is 1. The first-order valence-corrected chi connectivity index (χ1v) is 6.12. The van der Waals surface area contributed by atoms with Crippen molar-refractivity contribution in [3.63, 3.8) is 0 Å². The van der Waals surface area contributed by atoms with Gasteiger partial charge in [-0.2, -0.15) is 13.2 Å². The van der Waals surface area contributed by atoms with Crippen LogP contribution in [0.1, 0.15) is 18.1 Å². The molecule has 3 amide bonds. The minimum Gasteiger partial charge on any atom is -0.374 e. The Balaban J connectivity index is 2.84. The predicted octanol–water partition coefficient (Wildman–Crippen LogP) is 2.27. The normalized spacial score (nSPS) is 12.5. The van der Waals surface area contributed by atoms with Gasteiger partial charge in [-0.3, -0.25) is 10.1 Å². The van der Waals surface area contributed by atoms with E-state index in [1.165, 1.54) is 33.0 Å². The molecule has 0 bridgehead atoms. The van der Waals surface area contributed by atoms with Gasteiger partial charge in [0.2, 0.25) is 5.91 Å². The van der Waals surface area contributed by atoms with Crippen LogP contribution in [0.25, 0.3) is 0 Å². The Kier molecular flexibility index (Phi) is 5.17. The van der Waals surface area contributed by atoms with Crippen LogP contribution >= 0.6 is 0 Å². The molecule has 1 aromatic rings. The first kappa shape index (κ1) is 16.8. The fourth-order valence-corrected chi connectivity index (χ4v) is 1.62. The lowest BCUT2D eigenvalue weighted by Gasteiger charge is -2.17. The summed E-state index contributed by atoms with van der Waals surface area (Å²) in [5.41, 5.74) is -0.533. The quantitative estimate of drug-likeness (QED) is 0.802. The molecule has 0 aliphatic rings. The van der Waals surface area contributed by atoms with E-state index >= 15 is 0 Å². The predicted molar refractivity (Wildman–Crippen MR) is 71.9 cm³/mol. The van der Waals surface area contributed by atoms with E-state index in [2.05, 4.69) is 10.6 Å². The summed E-state index contributed by atoms with van der Waals surface area (Å²) < 4.78 is 38.3. The number of urea groups is 1. The number of halogens is 3. The van der Waals surface area contributed by atoms with Gasteiger partial charge in [-0.15, -0.1) is 0 Å². The van der Waals surface area contributed by atoms with Crippen LogP contribution in [-0.4, -0.2) is 25.0 Å². The smallest absolute Gasteiger partial charge is 0.374 e. The topological polar surface area (TPSA) is 70.2 Å². The highest BCUT2D eigenvalue weighted by molar-refractivity contribution is 5.97. The van der Waals surface area contributed by atoms with E-state index in [1.807, 2.05) is 5.32 Å². The number of rotatable bonds is 3. The Labute approximate surface area is 119 Å². The van der Waals surface area contributed by atoms with E-state index < -0.39 is 29.7 Å². The zero-order valence-electron chi connectivity index (χ0n) is 11.8. The van der Waals surface area contributed by atoms with Crippen molar-refractivity contribution in [2.75, 3.05) is 12.4 Å². The van der Waals surface area contributed by atoms with Gasteiger partial charge in [-0.1, -0.05) is 6.07 Å². The van der Waals surface area contributed by atoms with Gasteiger partial charge in [-0.25, -0.2) is 4.79 Å². The molecule has 8 heteroatoms. The van der Waals surface area contributed by atoms with Crippen LogP contribution in [0.5, 0.6) is 0 Å². The zero-order chi connectivity index (χ0) is 16.2. The molecule has 1 rings (SSSR count). The minimum absolute atomic E-state index is 0.0931. The second-order valence-corrected chi connectivity index (χ2v) is 4.46. The van der Waals surface area contributed by atoms with E-state index in [9.17, 15) is 22.8 Å². The van der Waals surface area contributed by atoms with Gasteiger partial charge in [-0.05, 0) is 31.5 Å². The highest BCUT2D eigenvalue weighted by Crippen LogP contribution is 2.33. The van der Waals surface area contributed by atoms with Gasteiger partial charge >= 0.3 is 12.2 Å². The highest BCUT2D eigenvalue weighted by Gasteiger charge is 2.32. The van der Waals surface area contributed by atoms with Crippen LogP contribution in [0.15, 0.2) is 18.2 Å². The average molecular weight is 303 g/mol. The number of benzene rings is 1. The Morgan fingerprint density at radius 1 is 1.24 bits per heavy atom. The first-order chi connectivity index (χ1) is 9.65. The summed E-state index contributed by atoms with van der Waals surface area (Å²) in [7, 11) is 1.34. The SMILES string of the molecule is CNC(=O)NC(=O)C(C)Nc1ccc(C)c(C(F)(F)F)c1. The van der Waals surface area contributed by atoms with Crippen molar-refractivity contribution in [3.05, 3.63) is 29.3 Å². The molecule has 21 heavy (non-hydrogen) atoms. The fraction of sp³-hybridized carbons (Fsp3) is 0.385.